The van der Waals surface area contributed by atoms with E-state index in [4.69, 9.17) is 15.2 Å². The zero-order chi connectivity index (χ0) is 17.9. The Morgan fingerprint density at radius 1 is 1.36 bits per heavy atom. The highest BCUT2D eigenvalue weighted by Crippen LogP contribution is 2.30. The number of hydrogen-bond acceptors (Lipinski definition) is 7. The summed E-state index contributed by atoms with van der Waals surface area (Å²) in [4.78, 5) is 24.8. The number of anilines is 1. The maximum absolute atomic E-state index is 12.3. The van der Waals surface area contributed by atoms with Crippen LogP contribution < -0.4 is 15.8 Å². The second kappa shape index (κ2) is 6.86. The van der Waals surface area contributed by atoms with Gasteiger partial charge in [-0.2, -0.15) is 0 Å². The Hall–Kier alpha value is -3.00. The SMILES string of the molecule is COc1cnc(C(=O)Nc2cccc(C3(C)COCC(N)=N3)c2)cn1. The van der Waals surface area contributed by atoms with E-state index in [1.165, 1.54) is 19.5 Å². The van der Waals surface area contributed by atoms with Gasteiger partial charge in [0.1, 0.15) is 23.7 Å². The molecule has 0 spiro atoms. The van der Waals surface area contributed by atoms with Gasteiger partial charge in [-0.1, -0.05) is 12.1 Å². The number of methoxy groups -OCH3 is 1. The fraction of sp³-hybridized carbons (Fsp3) is 0.294. The second-order valence-corrected chi connectivity index (χ2v) is 5.85. The summed E-state index contributed by atoms with van der Waals surface area (Å²) in [6, 6.07) is 7.41. The summed E-state index contributed by atoms with van der Waals surface area (Å²) >= 11 is 0. The van der Waals surface area contributed by atoms with Crippen LogP contribution in [0.1, 0.15) is 23.0 Å². The molecule has 0 fully saturated rings. The van der Waals surface area contributed by atoms with Crippen molar-refractivity contribution in [3.05, 3.63) is 47.9 Å². The van der Waals surface area contributed by atoms with Gasteiger partial charge in [0, 0.05) is 5.69 Å². The molecule has 3 N–H and O–H groups in total. The first-order valence-corrected chi connectivity index (χ1v) is 7.70. The van der Waals surface area contributed by atoms with Gasteiger partial charge >= 0.3 is 0 Å². The fourth-order valence-electron chi connectivity index (χ4n) is 2.55. The molecular weight excluding hydrogens is 322 g/mol. The molecule has 1 unspecified atom stereocenters. The molecule has 1 amide bonds. The molecule has 25 heavy (non-hydrogen) atoms. The number of rotatable bonds is 4. The van der Waals surface area contributed by atoms with Crippen molar-refractivity contribution in [2.24, 2.45) is 10.7 Å². The van der Waals surface area contributed by atoms with E-state index >= 15 is 0 Å². The molecule has 0 aliphatic carbocycles. The third-order valence-corrected chi connectivity index (χ3v) is 3.84. The van der Waals surface area contributed by atoms with E-state index < -0.39 is 5.54 Å². The Bertz CT molecular complexity index is 806. The summed E-state index contributed by atoms with van der Waals surface area (Å²) in [6.07, 6.45) is 2.75. The van der Waals surface area contributed by atoms with Crippen molar-refractivity contribution in [1.29, 1.82) is 0 Å². The molecular formula is C17H19N5O3. The molecule has 0 saturated heterocycles. The normalized spacial score (nSPS) is 19.8. The van der Waals surface area contributed by atoms with Crippen molar-refractivity contribution >= 4 is 17.4 Å². The maximum atomic E-state index is 12.3. The molecule has 1 aliphatic heterocycles. The number of ether oxygens (including phenoxy) is 2. The molecule has 1 aromatic carbocycles. The lowest BCUT2D eigenvalue weighted by molar-refractivity contribution is 0.102. The van der Waals surface area contributed by atoms with E-state index in [1.54, 1.807) is 6.07 Å². The number of amides is 1. The van der Waals surface area contributed by atoms with Crippen LogP contribution in [-0.2, 0) is 10.3 Å². The minimum absolute atomic E-state index is 0.195. The highest BCUT2D eigenvalue weighted by molar-refractivity contribution is 6.02. The summed E-state index contributed by atoms with van der Waals surface area (Å²) < 4.78 is 10.4. The van der Waals surface area contributed by atoms with Crippen LogP contribution in [0.25, 0.3) is 0 Å². The molecule has 1 aromatic heterocycles. The summed E-state index contributed by atoms with van der Waals surface area (Å²) in [5.74, 6) is 0.441. The quantitative estimate of drug-likeness (QED) is 0.868. The molecule has 2 aromatic rings. The van der Waals surface area contributed by atoms with E-state index in [0.29, 0.717) is 30.6 Å². The molecule has 130 valence electrons. The maximum Gasteiger partial charge on any atom is 0.275 e. The lowest BCUT2D eigenvalue weighted by Gasteiger charge is -2.30. The van der Waals surface area contributed by atoms with Crippen molar-refractivity contribution in [1.82, 2.24) is 9.97 Å². The standard InChI is InChI=1S/C17H19N5O3/c1-17(10-25-9-14(18)22-17)11-4-3-5-12(6-11)21-16(23)13-7-20-15(24-2)8-19-13/h3-8H,9-10H2,1-2H3,(H2,18,22)(H,21,23). The van der Waals surface area contributed by atoms with Crippen LogP contribution in [-0.4, -0.2) is 42.0 Å². The molecule has 0 bridgehead atoms. The molecule has 1 atom stereocenters. The average Bonchev–Trinajstić information content (AvgIpc) is 2.62. The number of amidine groups is 1. The van der Waals surface area contributed by atoms with E-state index in [2.05, 4.69) is 20.3 Å². The van der Waals surface area contributed by atoms with Gasteiger partial charge in [0.2, 0.25) is 5.88 Å². The van der Waals surface area contributed by atoms with Crippen LogP contribution >= 0.6 is 0 Å². The first-order chi connectivity index (χ1) is 12.0. The van der Waals surface area contributed by atoms with Crippen LogP contribution in [0.2, 0.25) is 0 Å². The smallest absolute Gasteiger partial charge is 0.275 e. The molecule has 3 rings (SSSR count). The summed E-state index contributed by atoms with van der Waals surface area (Å²) in [5.41, 5.74) is 6.93. The number of benzene rings is 1. The molecule has 8 heteroatoms. The van der Waals surface area contributed by atoms with E-state index in [-0.39, 0.29) is 11.6 Å². The Morgan fingerprint density at radius 3 is 2.88 bits per heavy atom. The number of carbonyl (C=O) groups is 1. The van der Waals surface area contributed by atoms with E-state index in [1.807, 2.05) is 25.1 Å². The van der Waals surface area contributed by atoms with Gasteiger partial charge in [0.15, 0.2) is 0 Å². The molecule has 0 saturated carbocycles. The largest absolute Gasteiger partial charge is 0.480 e. The minimum Gasteiger partial charge on any atom is -0.480 e. The molecule has 1 aliphatic rings. The minimum atomic E-state index is -0.580. The van der Waals surface area contributed by atoms with Crippen molar-refractivity contribution in [2.75, 3.05) is 25.6 Å². The molecule has 2 heterocycles. The van der Waals surface area contributed by atoms with E-state index in [9.17, 15) is 4.79 Å². The van der Waals surface area contributed by atoms with Gasteiger partial charge < -0.3 is 20.5 Å². The highest BCUT2D eigenvalue weighted by atomic mass is 16.5. The van der Waals surface area contributed by atoms with Crippen LogP contribution in [0, 0.1) is 0 Å². The van der Waals surface area contributed by atoms with Gasteiger partial charge in [0.25, 0.3) is 5.91 Å². The Morgan fingerprint density at radius 2 is 2.20 bits per heavy atom. The number of nitrogens with zero attached hydrogens (tertiary/aromatic N) is 3. The van der Waals surface area contributed by atoms with E-state index in [0.717, 1.165) is 5.56 Å². The Balaban J connectivity index is 1.79. The number of hydrogen-bond donors (Lipinski definition) is 2. The highest BCUT2D eigenvalue weighted by Gasteiger charge is 2.30. The third kappa shape index (κ3) is 3.74. The Labute approximate surface area is 145 Å². The van der Waals surface area contributed by atoms with Crippen LogP contribution in [0.4, 0.5) is 5.69 Å². The molecule has 8 nitrogen and oxygen atoms in total. The molecule has 0 radical (unpaired) electrons. The lowest BCUT2D eigenvalue weighted by Crippen LogP contribution is -2.37. The number of aliphatic imine (C=N–C) groups is 1. The number of aromatic nitrogens is 2. The van der Waals surface area contributed by atoms with Crippen molar-refractivity contribution in [3.63, 3.8) is 0 Å². The zero-order valence-corrected chi connectivity index (χ0v) is 14.0. The van der Waals surface area contributed by atoms with Crippen molar-refractivity contribution in [3.8, 4) is 5.88 Å². The van der Waals surface area contributed by atoms with Crippen LogP contribution in [0.3, 0.4) is 0 Å². The first kappa shape index (κ1) is 16.8. The predicted octanol–water partition coefficient (Wildman–Crippen LogP) is 1.34. The third-order valence-electron chi connectivity index (χ3n) is 3.84. The zero-order valence-electron chi connectivity index (χ0n) is 14.0. The number of nitrogens with two attached hydrogens (primary N) is 1. The van der Waals surface area contributed by atoms with Gasteiger partial charge in [0.05, 0.1) is 26.1 Å². The van der Waals surface area contributed by atoms with Gasteiger partial charge in [-0.05, 0) is 24.6 Å². The first-order valence-electron chi connectivity index (χ1n) is 7.70. The van der Waals surface area contributed by atoms with Crippen LogP contribution in [0.5, 0.6) is 5.88 Å². The van der Waals surface area contributed by atoms with Gasteiger partial charge in [-0.25, -0.2) is 9.97 Å². The van der Waals surface area contributed by atoms with Crippen molar-refractivity contribution < 1.29 is 14.3 Å². The topological polar surface area (TPSA) is 112 Å². The number of carbonyl (C=O) groups excluding carboxylic acids is 1. The van der Waals surface area contributed by atoms with Crippen LogP contribution in [0.15, 0.2) is 41.7 Å². The second-order valence-electron chi connectivity index (χ2n) is 5.85. The predicted molar refractivity (Wildman–Crippen MR) is 92.8 cm³/mol. The summed E-state index contributed by atoms with van der Waals surface area (Å²) in [6.45, 7) is 2.70. The fourth-order valence-corrected chi connectivity index (χ4v) is 2.55. The van der Waals surface area contributed by atoms with Crippen molar-refractivity contribution in [2.45, 2.75) is 12.5 Å². The lowest BCUT2D eigenvalue weighted by atomic mass is 9.92. The average molecular weight is 341 g/mol. The Kier molecular flexibility index (Phi) is 4.62. The summed E-state index contributed by atoms with van der Waals surface area (Å²) in [7, 11) is 1.49. The monoisotopic (exact) mass is 341 g/mol. The number of nitrogens with one attached hydrogen (secondary N) is 1. The van der Waals surface area contributed by atoms with Gasteiger partial charge in [-0.15, -0.1) is 0 Å². The summed E-state index contributed by atoms with van der Waals surface area (Å²) in [5, 5.41) is 2.80. The van der Waals surface area contributed by atoms with Gasteiger partial charge in [-0.3, -0.25) is 9.79 Å².